The summed E-state index contributed by atoms with van der Waals surface area (Å²) in [5.41, 5.74) is 1.83. The van der Waals surface area contributed by atoms with E-state index in [0.717, 1.165) is 11.3 Å². The highest BCUT2D eigenvalue weighted by atomic mass is 35.5. The Bertz CT molecular complexity index is 532. The number of nitrogens with one attached hydrogen (secondary N) is 1. The van der Waals surface area contributed by atoms with Gasteiger partial charge in [0.15, 0.2) is 5.75 Å². The van der Waals surface area contributed by atoms with Crippen LogP contribution in [0.1, 0.15) is 5.56 Å². The fourth-order valence-corrected chi connectivity index (χ4v) is 2.09. The number of benzene rings is 2. The molecule has 0 amide bonds. The Hall–Kier alpha value is -1.09. The van der Waals surface area contributed by atoms with E-state index in [2.05, 4.69) is 5.32 Å². The number of phenolic OH excluding ortho intramolecular Hbond substituents is 1. The number of phenols is 1. The van der Waals surface area contributed by atoms with Gasteiger partial charge in [0.25, 0.3) is 0 Å². The first kappa shape index (κ1) is 13.3. The van der Waals surface area contributed by atoms with Gasteiger partial charge in [0, 0.05) is 17.3 Å². The number of rotatable bonds is 3. The second-order valence-electron chi connectivity index (χ2n) is 3.77. The molecule has 94 valence electrons. The van der Waals surface area contributed by atoms with Gasteiger partial charge in [-0.25, -0.2) is 0 Å². The highest BCUT2D eigenvalue weighted by Gasteiger charge is 2.06. The first-order chi connectivity index (χ1) is 8.56. The van der Waals surface area contributed by atoms with E-state index in [9.17, 15) is 5.11 Å². The van der Waals surface area contributed by atoms with Crippen molar-refractivity contribution in [3.8, 4) is 5.75 Å². The third kappa shape index (κ3) is 3.22. The minimum absolute atomic E-state index is 0.102. The molecule has 0 saturated heterocycles. The summed E-state index contributed by atoms with van der Waals surface area (Å²) in [6.07, 6.45) is 0. The van der Waals surface area contributed by atoms with Crippen molar-refractivity contribution in [2.45, 2.75) is 6.54 Å². The van der Waals surface area contributed by atoms with Crippen molar-refractivity contribution in [3.05, 3.63) is 57.0 Å². The molecule has 2 aromatic carbocycles. The number of aromatic hydroxyl groups is 1. The Morgan fingerprint density at radius 1 is 0.944 bits per heavy atom. The van der Waals surface area contributed by atoms with Crippen LogP contribution in [-0.4, -0.2) is 5.11 Å². The molecular formula is C13H10Cl3NO. The standard InChI is InChI=1S/C13H10Cl3NO/c14-9-3-1-8(2-4-9)7-17-10-5-11(15)13(18)12(16)6-10/h1-6,17-18H,7H2. The minimum Gasteiger partial charge on any atom is -0.505 e. The number of anilines is 1. The average Bonchev–Trinajstić information content (AvgIpc) is 2.35. The van der Waals surface area contributed by atoms with Crippen molar-refractivity contribution in [1.82, 2.24) is 0 Å². The third-order valence-corrected chi connectivity index (χ3v) is 3.25. The molecule has 0 aliphatic carbocycles. The summed E-state index contributed by atoms with van der Waals surface area (Å²) in [6, 6.07) is 10.8. The largest absolute Gasteiger partial charge is 0.505 e. The molecule has 0 saturated carbocycles. The molecule has 0 atom stereocenters. The van der Waals surface area contributed by atoms with Crippen LogP contribution >= 0.6 is 34.8 Å². The lowest BCUT2D eigenvalue weighted by molar-refractivity contribution is 0.476. The van der Waals surface area contributed by atoms with Gasteiger partial charge < -0.3 is 10.4 Å². The van der Waals surface area contributed by atoms with Crippen LogP contribution in [0.2, 0.25) is 15.1 Å². The smallest absolute Gasteiger partial charge is 0.152 e. The Labute approximate surface area is 120 Å². The fraction of sp³-hybridized carbons (Fsp3) is 0.0769. The first-order valence-electron chi connectivity index (χ1n) is 5.22. The number of hydrogen-bond acceptors (Lipinski definition) is 2. The Kier molecular flexibility index (Phi) is 4.23. The Morgan fingerprint density at radius 2 is 1.50 bits per heavy atom. The molecular weight excluding hydrogens is 293 g/mol. The van der Waals surface area contributed by atoms with Crippen molar-refractivity contribution in [2.75, 3.05) is 5.32 Å². The lowest BCUT2D eigenvalue weighted by Gasteiger charge is -2.09. The van der Waals surface area contributed by atoms with Gasteiger partial charge in [0.2, 0.25) is 0 Å². The molecule has 2 nitrogen and oxygen atoms in total. The van der Waals surface area contributed by atoms with Crippen LogP contribution in [0.5, 0.6) is 5.75 Å². The van der Waals surface area contributed by atoms with Crippen molar-refractivity contribution < 1.29 is 5.11 Å². The van der Waals surface area contributed by atoms with Gasteiger partial charge >= 0.3 is 0 Å². The maximum atomic E-state index is 9.44. The van der Waals surface area contributed by atoms with Gasteiger partial charge in [-0.15, -0.1) is 0 Å². The van der Waals surface area contributed by atoms with E-state index in [-0.39, 0.29) is 15.8 Å². The second-order valence-corrected chi connectivity index (χ2v) is 5.02. The minimum atomic E-state index is -0.102. The van der Waals surface area contributed by atoms with E-state index in [1.54, 1.807) is 12.1 Å². The predicted octanol–water partition coefficient (Wildman–Crippen LogP) is 4.96. The van der Waals surface area contributed by atoms with Crippen LogP contribution in [0.25, 0.3) is 0 Å². The normalized spacial score (nSPS) is 10.4. The van der Waals surface area contributed by atoms with Crippen molar-refractivity contribution in [3.63, 3.8) is 0 Å². The molecule has 0 heterocycles. The summed E-state index contributed by atoms with van der Waals surface area (Å²) in [5, 5.41) is 13.8. The molecule has 2 aromatic rings. The molecule has 0 spiro atoms. The summed E-state index contributed by atoms with van der Waals surface area (Å²) in [6.45, 7) is 0.620. The molecule has 0 bridgehead atoms. The first-order valence-corrected chi connectivity index (χ1v) is 6.36. The zero-order valence-corrected chi connectivity index (χ0v) is 11.5. The fourth-order valence-electron chi connectivity index (χ4n) is 1.47. The predicted molar refractivity (Wildman–Crippen MR) is 76.9 cm³/mol. The van der Waals surface area contributed by atoms with E-state index in [1.807, 2.05) is 24.3 Å². The molecule has 0 aliphatic rings. The molecule has 0 aliphatic heterocycles. The molecule has 0 aromatic heterocycles. The Balaban J connectivity index is 2.08. The van der Waals surface area contributed by atoms with Crippen LogP contribution in [-0.2, 0) is 6.54 Å². The number of halogens is 3. The molecule has 0 radical (unpaired) electrons. The summed E-state index contributed by atoms with van der Waals surface area (Å²) in [7, 11) is 0. The van der Waals surface area contributed by atoms with E-state index >= 15 is 0 Å². The van der Waals surface area contributed by atoms with Crippen LogP contribution in [0.3, 0.4) is 0 Å². The molecule has 5 heteroatoms. The van der Waals surface area contributed by atoms with Crippen molar-refractivity contribution in [2.24, 2.45) is 0 Å². The van der Waals surface area contributed by atoms with Gasteiger partial charge in [0.05, 0.1) is 10.0 Å². The third-order valence-electron chi connectivity index (χ3n) is 2.43. The maximum Gasteiger partial charge on any atom is 0.152 e. The van der Waals surface area contributed by atoms with E-state index in [4.69, 9.17) is 34.8 Å². The highest BCUT2D eigenvalue weighted by molar-refractivity contribution is 6.37. The highest BCUT2D eigenvalue weighted by Crippen LogP contribution is 2.34. The van der Waals surface area contributed by atoms with Crippen LogP contribution < -0.4 is 5.32 Å². The lowest BCUT2D eigenvalue weighted by Crippen LogP contribution is -1.99. The van der Waals surface area contributed by atoms with Gasteiger partial charge in [-0.05, 0) is 29.8 Å². The zero-order chi connectivity index (χ0) is 13.1. The van der Waals surface area contributed by atoms with Crippen LogP contribution in [0.15, 0.2) is 36.4 Å². The van der Waals surface area contributed by atoms with E-state index in [0.29, 0.717) is 11.6 Å². The zero-order valence-electron chi connectivity index (χ0n) is 9.25. The molecule has 18 heavy (non-hydrogen) atoms. The quantitative estimate of drug-likeness (QED) is 0.785. The summed E-state index contributed by atoms with van der Waals surface area (Å²) < 4.78 is 0. The Morgan fingerprint density at radius 3 is 2.06 bits per heavy atom. The van der Waals surface area contributed by atoms with Gasteiger partial charge in [-0.2, -0.15) is 0 Å². The SMILES string of the molecule is Oc1c(Cl)cc(NCc2ccc(Cl)cc2)cc1Cl. The van der Waals surface area contributed by atoms with E-state index < -0.39 is 0 Å². The van der Waals surface area contributed by atoms with Gasteiger partial charge in [-0.1, -0.05) is 46.9 Å². The van der Waals surface area contributed by atoms with Gasteiger partial charge in [0.1, 0.15) is 0 Å². The molecule has 0 unspecified atom stereocenters. The molecule has 0 fully saturated rings. The van der Waals surface area contributed by atoms with Crippen LogP contribution in [0, 0.1) is 0 Å². The lowest BCUT2D eigenvalue weighted by atomic mass is 10.2. The van der Waals surface area contributed by atoms with E-state index in [1.165, 1.54) is 0 Å². The summed E-state index contributed by atoms with van der Waals surface area (Å²) >= 11 is 17.5. The average molecular weight is 303 g/mol. The monoisotopic (exact) mass is 301 g/mol. The summed E-state index contributed by atoms with van der Waals surface area (Å²) in [5.74, 6) is -0.102. The second kappa shape index (κ2) is 5.70. The summed E-state index contributed by atoms with van der Waals surface area (Å²) in [4.78, 5) is 0. The molecule has 2 rings (SSSR count). The van der Waals surface area contributed by atoms with Crippen molar-refractivity contribution in [1.29, 1.82) is 0 Å². The van der Waals surface area contributed by atoms with Crippen molar-refractivity contribution >= 4 is 40.5 Å². The molecule has 2 N–H and O–H groups in total. The topological polar surface area (TPSA) is 32.3 Å². The maximum absolute atomic E-state index is 9.44. The van der Waals surface area contributed by atoms with Crippen LogP contribution in [0.4, 0.5) is 5.69 Å². The van der Waals surface area contributed by atoms with Gasteiger partial charge in [-0.3, -0.25) is 0 Å². The number of hydrogen-bond donors (Lipinski definition) is 2.